The van der Waals surface area contributed by atoms with Gasteiger partial charge in [-0.15, -0.1) is 0 Å². The van der Waals surface area contributed by atoms with Crippen molar-refractivity contribution >= 4 is 17.4 Å². The first-order chi connectivity index (χ1) is 15.7. The average Bonchev–Trinajstić information content (AvgIpc) is 3.43. The molecule has 3 N–H and O–H groups in total. The maximum Gasteiger partial charge on any atom is 0.416 e. The maximum atomic E-state index is 13.9. The molecule has 4 rings (SSSR count). The second-order valence-electron chi connectivity index (χ2n) is 7.74. The van der Waals surface area contributed by atoms with Gasteiger partial charge in [-0.05, 0) is 42.7 Å². The molecule has 0 saturated carbocycles. The van der Waals surface area contributed by atoms with Gasteiger partial charge in [-0.1, -0.05) is 0 Å². The number of aliphatic hydroxyl groups is 2. The van der Waals surface area contributed by atoms with E-state index in [-0.39, 0.29) is 23.3 Å². The first-order valence-corrected chi connectivity index (χ1v) is 10.2. The number of carbonyl (C=O) groups excluding carboxylic acids is 1. The van der Waals surface area contributed by atoms with Crippen molar-refractivity contribution in [2.24, 2.45) is 0 Å². The van der Waals surface area contributed by atoms with Gasteiger partial charge in [-0.3, -0.25) is 4.79 Å². The molecule has 0 spiro atoms. The minimum absolute atomic E-state index is 0.0967. The lowest BCUT2D eigenvalue weighted by Gasteiger charge is -2.28. The third-order valence-electron chi connectivity index (χ3n) is 5.53. The summed E-state index contributed by atoms with van der Waals surface area (Å²) >= 11 is 0. The number of aliphatic hydroxyl groups excluding tert-OH is 2. The van der Waals surface area contributed by atoms with Crippen LogP contribution in [0.2, 0.25) is 0 Å². The van der Waals surface area contributed by atoms with E-state index in [1.165, 1.54) is 16.9 Å². The van der Waals surface area contributed by atoms with Crippen LogP contribution in [0.25, 0.3) is 5.65 Å². The van der Waals surface area contributed by atoms with Crippen LogP contribution >= 0.6 is 0 Å². The molecule has 3 heterocycles. The van der Waals surface area contributed by atoms with Gasteiger partial charge >= 0.3 is 6.18 Å². The van der Waals surface area contributed by atoms with Crippen LogP contribution < -0.4 is 10.2 Å². The highest BCUT2D eigenvalue weighted by molar-refractivity contribution is 5.99. The van der Waals surface area contributed by atoms with Crippen molar-refractivity contribution in [2.75, 3.05) is 24.6 Å². The van der Waals surface area contributed by atoms with Gasteiger partial charge in [-0.2, -0.15) is 18.3 Å². The van der Waals surface area contributed by atoms with E-state index in [1.54, 1.807) is 11.0 Å². The molecule has 2 unspecified atom stereocenters. The predicted octanol–water partition coefficient (Wildman–Crippen LogP) is 2.31. The lowest BCUT2D eigenvalue weighted by Crippen LogP contribution is -2.33. The molecule has 33 heavy (non-hydrogen) atoms. The van der Waals surface area contributed by atoms with E-state index in [0.717, 1.165) is 18.2 Å². The highest BCUT2D eigenvalue weighted by Gasteiger charge is 2.38. The van der Waals surface area contributed by atoms with Crippen molar-refractivity contribution in [1.82, 2.24) is 19.9 Å². The second-order valence-corrected chi connectivity index (χ2v) is 7.74. The van der Waals surface area contributed by atoms with Gasteiger partial charge in [0.25, 0.3) is 5.91 Å². The number of aromatic nitrogens is 3. The number of hydrogen-bond acceptors (Lipinski definition) is 6. The van der Waals surface area contributed by atoms with E-state index in [4.69, 9.17) is 5.11 Å². The number of anilines is 1. The third kappa shape index (κ3) is 4.62. The summed E-state index contributed by atoms with van der Waals surface area (Å²) in [7, 11) is 0. The maximum absolute atomic E-state index is 13.9. The predicted molar refractivity (Wildman–Crippen MR) is 109 cm³/mol. The molecular weight excluding hydrogens is 446 g/mol. The Morgan fingerprint density at radius 2 is 2.09 bits per heavy atom. The van der Waals surface area contributed by atoms with Crippen LogP contribution in [-0.4, -0.2) is 56.5 Å². The Kier molecular flexibility index (Phi) is 6.21. The quantitative estimate of drug-likeness (QED) is 0.481. The summed E-state index contributed by atoms with van der Waals surface area (Å²) in [5.74, 6) is -1.01. The standard InChI is InChI=1S/C21H21F4N5O3/c22-12-3-4-16(21(23,24)25)14(8-12)17-2-1-6-29(17)18-5-7-30-19(28-18)15(10-27-30)20(33)26-9-13(32)11-31/h3-5,7-8,10,13,17,31-32H,1-2,6,9,11H2,(H,26,33). The van der Waals surface area contributed by atoms with Crippen molar-refractivity contribution in [1.29, 1.82) is 0 Å². The summed E-state index contributed by atoms with van der Waals surface area (Å²) in [5, 5.41) is 24.8. The van der Waals surface area contributed by atoms with E-state index >= 15 is 0 Å². The van der Waals surface area contributed by atoms with Gasteiger partial charge in [0.1, 0.15) is 17.2 Å². The Labute approximate surface area is 185 Å². The Morgan fingerprint density at radius 1 is 1.30 bits per heavy atom. The molecule has 0 radical (unpaired) electrons. The lowest BCUT2D eigenvalue weighted by atomic mass is 9.97. The van der Waals surface area contributed by atoms with E-state index in [1.807, 2.05) is 0 Å². The summed E-state index contributed by atoms with van der Waals surface area (Å²) in [5.41, 5.74) is -0.788. The van der Waals surface area contributed by atoms with Crippen LogP contribution in [0.15, 0.2) is 36.7 Å². The fraction of sp³-hybridized carbons (Fsp3) is 0.381. The number of halogens is 4. The molecule has 2 atom stereocenters. The number of hydrogen-bond donors (Lipinski definition) is 3. The smallest absolute Gasteiger partial charge is 0.394 e. The van der Waals surface area contributed by atoms with Crippen LogP contribution in [0, 0.1) is 5.82 Å². The van der Waals surface area contributed by atoms with Crippen molar-refractivity contribution < 1.29 is 32.6 Å². The number of rotatable bonds is 6. The summed E-state index contributed by atoms with van der Waals surface area (Å²) < 4.78 is 56.0. The summed E-state index contributed by atoms with van der Waals surface area (Å²) in [6.07, 6.45) is -1.99. The zero-order valence-electron chi connectivity index (χ0n) is 17.3. The van der Waals surface area contributed by atoms with Crippen LogP contribution in [-0.2, 0) is 6.18 Å². The number of carbonyl (C=O) groups is 1. The van der Waals surface area contributed by atoms with E-state index in [2.05, 4.69) is 15.4 Å². The molecule has 1 aromatic carbocycles. The van der Waals surface area contributed by atoms with E-state index in [0.29, 0.717) is 25.2 Å². The largest absolute Gasteiger partial charge is 0.416 e. The van der Waals surface area contributed by atoms with Gasteiger partial charge in [0.15, 0.2) is 5.65 Å². The van der Waals surface area contributed by atoms with Crippen LogP contribution in [0.1, 0.15) is 40.4 Å². The average molecular weight is 467 g/mol. The number of amides is 1. The number of alkyl halides is 3. The number of benzene rings is 1. The SMILES string of the molecule is O=C(NCC(O)CO)c1cnn2ccc(N3CCCC3c3cc(F)ccc3C(F)(F)F)nc12. The molecule has 0 bridgehead atoms. The molecule has 1 aliphatic heterocycles. The van der Waals surface area contributed by atoms with Gasteiger partial charge in [-0.25, -0.2) is 13.9 Å². The first-order valence-electron chi connectivity index (χ1n) is 10.2. The van der Waals surface area contributed by atoms with E-state index < -0.39 is 42.2 Å². The molecule has 1 amide bonds. The highest BCUT2D eigenvalue weighted by atomic mass is 19.4. The van der Waals surface area contributed by atoms with Crippen molar-refractivity contribution in [2.45, 2.75) is 31.2 Å². The molecule has 1 fully saturated rings. The lowest BCUT2D eigenvalue weighted by molar-refractivity contribution is -0.138. The van der Waals surface area contributed by atoms with Crippen molar-refractivity contribution in [3.8, 4) is 0 Å². The monoisotopic (exact) mass is 467 g/mol. The number of nitrogens with zero attached hydrogens (tertiary/aromatic N) is 4. The van der Waals surface area contributed by atoms with Gasteiger partial charge in [0, 0.05) is 19.3 Å². The van der Waals surface area contributed by atoms with Gasteiger partial charge in [0.05, 0.1) is 30.5 Å². The third-order valence-corrected chi connectivity index (χ3v) is 5.53. The van der Waals surface area contributed by atoms with Crippen LogP contribution in [0.4, 0.5) is 23.4 Å². The fourth-order valence-electron chi connectivity index (χ4n) is 3.98. The summed E-state index contributed by atoms with van der Waals surface area (Å²) in [6, 6.07) is 3.28. The van der Waals surface area contributed by atoms with E-state index in [9.17, 15) is 27.5 Å². The summed E-state index contributed by atoms with van der Waals surface area (Å²) in [4.78, 5) is 18.6. The second kappa shape index (κ2) is 8.94. The Morgan fingerprint density at radius 3 is 2.82 bits per heavy atom. The van der Waals surface area contributed by atoms with Crippen molar-refractivity contribution in [3.05, 3.63) is 59.2 Å². The Balaban J connectivity index is 1.68. The zero-order chi connectivity index (χ0) is 23.8. The topological polar surface area (TPSA) is 103 Å². The molecule has 2 aromatic heterocycles. The fourth-order valence-corrected chi connectivity index (χ4v) is 3.98. The molecule has 8 nitrogen and oxygen atoms in total. The van der Waals surface area contributed by atoms with Gasteiger partial charge < -0.3 is 20.4 Å². The normalized spacial score (nSPS) is 17.5. The summed E-state index contributed by atoms with van der Waals surface area (Å²) in [6.45, 7) is -0.297. The Hall–Kier alpha value is -3.25. The molecule has 12 heteroatoms. The number of nitrogens with one attached hydrogen (secondary N) is 1. The Bertz CT molecular complexity index is 1170. The molecule has 176 valence electrons. The van der Waals surface area contributed by atoms with Crippen molar-refractivity contribution in [3.63, 3.8) is 0 Å². The minimum Gasteiger partial charge on any atom is -0.394 e. The number of fused-ring (bicyclic) bond motifs is 1. The van der Waals surface area contributed by atoms with Crippen LogP contribution in [0.5, 0.6) is 0 Å². The first kappa shape index (κ1) is 22.9. The molecule has 1 saturated heterocycles. The minimum atomic E-state index is -4.63. The molecule has 0 aliphatic carbocycles. The zero-order valence-corrected chi connectivity index (χ0v) is 17.3. The molecule has 1 aliphatic rings. The highest BCUT2D eigenvalue weighted by Crippen LogP contribution is 2.42. The molecular formula is C21H21F4N5O3. The van der Waals surface area contributed by atoms with Crippen LogP contribution in [0.3, 0.4) is 0 Å². The van der Waals surface area contributed by atoms with Gasteiger partial charge in [0.2, 0.25) is 0 Å². The molecule has 3 aromatic rings.